The fourth-order valence-electron chi connectivity index (χ4n) is 4.32. The molecule has 1 aromatic carbocycles. The Morgan fingerprint density at radius 2 is 2.00 bits per heavy atom. The molecule has 0 aliphatic carbocycles. The van der Waals surface area contributed by atoms with Crippen LogP contribution in [0.2, 0.25) is 0 Å². The van der Waals surface area contributed by atoms with Crippen molar-refractivity contribution < 1.29 is 4.79 Å². The standard InChI is InChI=1S/C22H28N6OS/c1-13-6-5-7-17(9-13)28-20(23)19-16(4)25-26-21(19)24-22(28)30-12-18(29)27-10-14(2)8-15(3)11-27/h5-7,9,14-15,23H,8,10-12H2,1-4H3,(H,25,26)/t14-,15-/m1/s1. The van der Waals surface area contributed by atoms with Crippen molar-refractivity contribution in [3.63, 3.8) is 0 Å². The lowest BCUT2D eigenvalue weighted by atomic mass is 9.92. The van der Waals surface area contributed by atoms with Crippen LogP contribution in [0.5, 0.6) is 0 Å². The molecule has 7 nitrogen and oxygen atoms in total. The highest BCUT2D eigenvalue weighted by molar-refractivity contribution is 7.99. The minimum atomic E-state index is 0.126. The van der Waals surface area contributed by atoms with Gasteiger partial charge in [-0.3, -0.25) is 19.9 Å². The number of nitrogens with zero attached hydrogens (tertiary/aromatic N) is 4. The average Bonchev–Trinajstić information content (AvgIpc) is 3.06. The number of hydrogen-bond acceptors (Lipinski definition) is 5. The zero-order chi connectivity index (χ0) is 21.4. The number of rotatable bonds is 4. The third-order valence-corrected chi connectivity index (χ3v) is 6.51. The topological polar surface area (TPSA) is 90.7 Å². The number of carbonyl (C=O) groups is 1. The molecule has 30 heavy (non-hydrogen) atoms. The van der Waals surface area contributed by atoms with Crippen LogP contribution in [0, 0.1) is 31.1 Å². The Morgan fingerprint density at radius 3 is 2.70 bits per heavy atom. The van der Waals surface area contributed by atoms with Gasteiger partial charge in [-0.2, -0.15) is 5.10 Å². The summed E-state index contributed by atoms with van der Waals surface area (Å²) >= 11 is 1.38. The Hall–Kier alpha value is -2.61. The van der Waals surface area contributed by atoms with E-state index in [0.717, 1.165) is 30.0 Å². The van der Waals surface area contributed by atoms with Gasteiger partial charge in [0.2, 0.25) is 5.91 Å². The first-order chi connectivity index (χ1) is 14.3. The molecule has 158 valence electrons. The van der Waals surface area contributed by atoms with Gasteiger partial charge < -0.3 is 4.90 Å². The lowest BCUT2D eigenvalue weighted by molar-refractivity contribution is -0.130. The van der Waals surface area contributed by atoms with Crippen molar-refractivity contribution in [2.75, 3.05) is 18.8 Å². The molecule has 2 atom stereocenters. The van der Waals surface area contributed by atoms with Gasteiger partial charge >= 0.3 is 0 Å². The molecule has 8 heteroatoms. The molecule has 0 radical (unpaired) electrons. The molecule has 1 aliphatic heterocycles. The molecule has 1 aliphatic rings. The molecule has 2 aromatic heterocycles. The Morgan fingerprint density at radius 1 is 1.27 bits per heavy atom. The van der Waals surface area contributed by atoms with Crippen molar-refractivity contribution in [2.24, 2.45) is 11.8 Å². The quantitative estimate of drug-likeness (QED) is 0.496. The summed E-state index contributed by atoms with van der Waals surface area (Å²) in [5, 5.41) is 17.3. The number of carbonyl (C=O) groups excluding carboxylic acids is 1. The van der Waals surface area contributed by atoms with Crippen LogP contribution in [0.3, 0.4) is 0 Å². The lowest BCUT2D eigenvalue weighted by Crippen LogP contribution is -2.43. The number of aromatic amines is 1. The summed E-state index contributed by atoms with van der Waals surface area (Å²) in [6.45, 7) is 9.96. The van der Waals surface area contributed by atoms with Gasteiger partial charge in [0.15, 0.2) is 10.8 Å². The molecule has 0 spiro atoms. The molecular weight excluding hydrogens is 396 g/mol. The zero-order valence-electron chi connectivity index (χ0n) is 17.9. The van der Waals surface area contributed by atoms with Gasteiger partial charge in [-0.25, -0.2) is 4.98 Å². The number of hydrogen-bond donors (Lipinski definition) is 2. The molecule has 4 rings (SSSR count). The predicted octanol–water partition coefficient (Wildman–Crippen LogP) is 3.44. The van der Waals surface area contributed by atoms with E-state index in [0.29, 0.717) is 39.3 Å². The Bertz CT molecular complexity index is 1140. The van der Waals surface area contributed by atoms with Crippen LogP contribution in [-0.2, 0) is 4.79 Å². The van der Waals surface area contributed by atoms with Gasteiger partial charge in [-0.05, 0) is 49.8 Å². The van der Waals surface area contributed by atoms with Crippen LogP contribution in [0.4, 0.5) is 0 Å². The molecule has 1 fully saturated rings. The highest BCUT2D eigenvalue weighted by atomic mass is 32.2. The summed E-state index contributed by atoms with van der Waals surface area (Å²) in [6.07, 6.45) is 1.17. The Balaban J connectivity index is 1.69. The van der Waals surface area contributed by atoms with Crippen LogP contribution in [0.25, 0.3) is 16.7 Å². The van der Waals surface area contributed by atoms with Crippen molar-refractivity contribution in [1.29, 1.82) is 5.41 Å². The number of likely N-dealkylation sites (tertiary alicyclic amines) is 1. The van der Waals surface area contributed by atoms with Gasteiger partial charge in [0.05, 0.1) is 11.1 Å². The average molecular weight is 425 g/mol. The van der Waals surface area contributed by atoms with Gasteiger partial charge in [0.1, 0.15) is 5.49 Å². The summed E-state index contributed by atoms with van der Waals surface area (Å²) in [5.74, 6) is 1.48. The lowest BCUT2D eigenvalue weighted by Gasteiger charge is -2.35. The van der Waals surface area contributed by atoms with E-state index in [1.54, 1.807) is 0 Å². The SMILES string of the molecule is Cc1cccc(-n2c(SCC(=O)N3C[C@H](C)C[C@@H](C)C3)nc3n[nH]c(C)c3c2=N)c1. The van der Waals surface area contributed by atoms with Crippen molar-refractivity contribution >= 4 is 28.7 Å². The summed E-state index contributed by atoms with van der Waals surface area (Å²) in [5.41, 5.74) is 3.62. The van der Waals surface area contributed by atoms with Crippen LogP contribution in [-0.4, -0.2) is 49.4 Å². The van der Waals surface area contributed by atoms with Crippen molar-refractivity contribution in [3.8, 4) is 5.69 Å². The Kier molecular flexibility index (Phi) is 5.69. The van der Waals surface area contributed by atoms with Gasteiger partial charge in [-0.15, -0.1) is 0 Å². The molecular formula is C22H28N6OS. The number of thioether (sulfide) groups is 1. The number of fused-ring (bicyclic) bond motifs is 1. The van der Waals surface area contributed by atoms with Gasteiger partial charge in [-0.1, -0.05) is 37.7 Å². The number of benzene rings is 1. The number of aryl methyl sites for hydroxylation is 2. The molecule has 1 saturated heterocycles. The zero-order valence-corrected chi connectivity index (χ0v) is 18.7. The molecule has 1 amide bonds. The second kappa shape index (κ2) is 8.26. The Labute approximate surface area is 180 Å². The van der Waals surface area contributed by atoms with E-state index in [1.165, 1.54) is 18.2 Å². The number of amides is 1. The minimum Gasteiger partial charge on any atom is -0.341 e. The number of nitrogens with one attached hydrogen (secondary N) is 2. The van der Waals surface area contributed by atoms with Gasteiger partial charge in [0, 0.05) is 24.5 Å². The summed E-state index contributed by atoms with van der Waals surface area (Å²) < 4.78 is 1.82. The minimum absolute atomic E-state index is 0.126. The second-order valence-corrected chi connectivity index (χ2v) is 9.44. The molecule has 0 bridgehead atoms. The molecule has 2 N–H and O–H groups in total. The van der Waals surface area contributed by atoms with Crippen LogP contribution >= 0.6 is 11.8 Å². The smallest absolute Gasteiger partial charge is 0.233 e. The van der Waals surface area contributed by atoms with Crippen molar-refractivity contribution in [1.82, 2.24) is 24.6 Å². The van der Waals surface area contributed by atoms with Gasteiger partial charge in [0.25, 0.3) is 0 Å². The number of aromatic nitrogens is 4. The predicted molar refractivity (Wildman–Crippen MR) is 119 cm³/mol. The van der Waals surface area contributed by atoms with Crippen LogP contribution in [0.15, 0.2) is 29.4 Å². The third-order valence-electron chi connectivity index (χ3n) is 5.59. The van der Waals surface area contributed by atoms with Crippen LogP contribution < -0.4 is 5.49 Å². The maximum absolute atomic E-state index is 12.9. The van der Waals surface area contributed by atoms with E-state index in [1.807, 2.05) is 47.6 Å². The largest absolute Gasteiger partial charge is 0.341 e. The van der Waals surface area contributed by atoms with Crippen LogP contribution in [0.1, 0.15) is 31.5 Å². The molecule has 0 unspecified atom stereocenters. The summed E-state index contributed by atoms with van der Waals surface area (Å²) in [6, 6.07) is 7.99. The van der Waals surface area contributed by atoms with E-state index in [9.17, 15) is 4.79 Å². The fraction of sp³-hybridized carbons (Fsp3) is 0.455. The normalized spacial score (nSPS) is 19.4. The molecule has 3 heterocycles. The molecule has 0 saturated carbocycles. The highest BCUT2D eigenvalue weighted by Gasteiger charge is 2.26. The first-order valence-corrected chi connectivity index (χ1v) is 11.3. The summed E-state index contributed by atoms with van der Waals surface area (Å²) in [4.78, 5) is 19.6. The number of H-pyrrole nitrogens is 1. The summed E-state index contributed by atoms with van der Waals surface area (Å²) in [7, 11) is 0. The monoisotopic (exact) mass is 424 g/mol. The van der Waals surface area contributed by atoms with E-state index < -0.39 is 0 Å². The second-order valence-electron chi connectivity index (χ2n) is 8.50. The van der Waals surface area contributed by atoms with E-state index in [-0.39, 0.29) is 5.91 Å². The number of piperidine rings is 1. The maximum atomic E-state index is 12.9. The van der Waals surface area contributed by atoms with E-state index in [4.69, 9.17) is 10.4 Å². The fourth-order valence-corrected chi connectivity index (χ4v) is 5.23. The first-order valence-electron chi connectivity index (χ1n) is 10.3. The molecule has 3 aromatic rings. The highest BCUT2D eigenvalue weighted by Crippen LogP contribution is 2.25. The van der Waals surface area contributed by atoms with E-state index >= 15 is 0 Å². The van der Waals surface area contributed by atoms with E-state index in [2.05, 4.69) is 24.0 Å². The van der Waals surface area contributed by atoms with Crippen molar-refractivity contribution in [3.05, 3.63) is 41.0 Å². The first kappa shape index (κ1) is 20.7. The third kappa shape index (κ3) is 4.01. The van der Waals surface area contributed by atoms with Crippen molar-refractivity contribution in [2.45, 2.75) is 39.3 Å². The maximum Gasteiger partial charge on any atom is 0.233 e.